The van der Waals surface area contributed by atoms with Gasteiger partial charge in [-0.1, -0.05) is 18.2 Å². The summed E-state index contributed by atoms with van der Waals surface area (Å²) in [5.41, 5.74) is 2.49. The number of rotatable bonds is 8. The van der Waals surface area contributed by atoms with Gasteiger partial charge in [0, 0.05) is 44.3 Å². The maximum absolute atomic E-state index is 13.4. The van der Waals surface area contributed by atoms with Gasteiger partial charge in [-0.3, -0.25) is 0 Å². The Balaban J connectivity index is 0.00000363. The average Bonchev–Trinajstić information content (AvgIpc) is 3.14. The van der Waals surface area contributed by atoms with Crippen LogP contribution < -0.4 is 10.6 Å². The Kier molecular flexibility index (Phi) is 9.47. The number of benzene rings is 2. The highest BCUT2D eigenvalue weighted by molar-refractivity contribution is 14.0. The fourth-order valence-electron chi connectivity index (χ4n) is 3.27. The van der Waals surface area contributed by atoms with Crippen molar-refractivity contribution in [3.63, 3.8) is 0 Å². The van der Waals surface area contributed by atoms with Crippen molar-refractivity contribution in [1.29, 1.82) is 0 Å². The van der Waals surface area contributed by atoms with E-state index >= 15 is 0 Å². The van der Waals surface area contributed by atoms with E-state index in [0.717, 1.165) is 22.9 Å². The summed E-state index contributed by atoms with van der Waals surface area (Å²) in [5.74, 6) is 0.336. The Bertz CT molecular complexity index is 1180. The van der Waals surface area contributed by atoms with Crippen molar-refractivity contribution in [3.8, 4) is 0 Å². The lowest BCUT2D eigenvalue weighted by molar-refractivity contribution is 0.519. The molecular weight excluding hydrogens is 544 g/mol. The summed E-state index contributed by atoms with van der Waals surface area (Å²) < 4.78 is 39.7. The number of sulfonamides is 1. The predicted octanol–water partition coefficient (Wildman–Crippen LogP) is 3.47. The molecular formula is C22H29FIN5O2S. The molecule has 7 nitrogen and oxygen atoms in total. The van der Waals surface area contributed by atoms with E-state index in [9.17, 15) is 12.8 Å². The number of aliphatic imine (C=N–C) groups is 1. The standard InChI is InChI=1S/C22H28FN5O2S.HI/c1-4-24-22(25-12-11-16-14-26-20-13-18(23)9-10-19(16)20)27-15-17-7-5-6-8-21(17)31(29,30)28(2)3;/h5-10,13-14,26H,4,11-12,15H2,1-3H3,(H2,24,25,27);1H. The quantitative estimate of drug-likeness (QED) is 0.219. The van der Waals surface area contributed by atoms with Crippen LogP contribution in [0.2, 0.25) is 0 Å². The van der Waals surface area contributed by atoms with Crippen LogP contribution >= 0.6 is 24.0 Å². The van der Waals surface area contributed by atoms with Crippen LogP contribution in [0, 0.1) is 5.82 Å². The molecule has 174 valence electrons. The zero-order valence-corrected chi connectivity index (χ0v) is 21.5. The zero-order valence-electron chi connectivity index (χ0n) is 18.4. The summed E-state index contributed by atoms with van der Waals surface area (Å²) >= 11 is 0. The van der Waals surface area contributed by atoms with E-state index in [4.69, 9.17) is 0 Å². The highest BCUT2D eigenvalue weighted by Crippen LogP contribution is 2.20. The fourth-order valence-corrected chi connectivity index (χ4v) is 4.38. The third-order valence-corrected chi connectivity index (χ3v) is 6.81. The molecule has 0 spiro atoms. The normalized spacial score (nSPS) is 12.1. The highest BCUT2D eigenvalue weighted by atomic mass is 127. The van der Waals surface area contributed by atoms with Crippen LogP contribution in [-0.4, -0.2) is 50.9 Å². The second-order valence-corrected chi connectivity index (χ2v) is 9.39. The lowest BCUT2D eigenvalue weighted by atomic mass is 10.1. The van der Waals surface area contributed by atoms with Gasteiger partial charge in [-0.15, -0.1) is 24.0 Å². The maximum atomic E-state index is 13.4. The van der Waals surface area contributed by atoms with Crippen molar-refractivity contribution < 1.29 is 12.8 Å². The molecule has 0 unspecified atom stereocenters. The summed E-state index contributed by atoms with van der Waals surface area (Å²) in [7, 11) is -0.517. The average molecular weight is 573 g/mol. The van der Waals surface area contributed by atoms with E-state index in [0.29, 0.717) is 24.6 Å². The SMILES string of the molecule is CCNC(=NCc1ccccc1S(=O)(=O)N(C)C)NCCc1c[nH]c2cc(F)ccc12.I. The molecule has 3 rings (SSSR count). The van der Waals surface area contributed by atoms with Crippen LogP contribution in [0.1, 0.15) is 18.1 Å². The molecule has 0 aliphatic heterocycles. The summed E-state index contributed by atoms with van der Waals surface area (Å²) in [6.45, 7) is 3.49. The first-order valence-corrected chi connectivity index (χ1v) is 11.5. The molecule has 0 saturated heterocycles. The summed E-state index contributed by atoms with van der Waals surface area (Å²) in [5, 5.41) is 7.45. The molecule has 0 aliphatic carbocycles. The molecule has 0 radical (unpaired) electrons. The number of nitrogens with zero attached hydrogens (tertiary/aromatic N) is 2. The number of halogens is 2. The lowest BCUT2D eigenvalue weighted by Gasteiger charge is -2.15. The topological polar surface area (TPSA) is 89.6 Å². The summed E-state index contributed by atoms with van der Waals surface area (Å²) in [6.07, 6.45) is 2.61. The van der Waals surface area contributed by atoms with E-state index in [1.165, 1.54) is 30.5 Å². The van der Waals surface area contributed by atoms with Crippen LogP contribution in [-0.2, 0) is 23.0 Å². The number of H-pyrrole nitrogens is 1. The first-order valence-electron chi connectivity index (χ1n) is 10.1. The van der Waals surface area contributed by atoms with Gasteiger partial charge in [0.25, 0.3) is 0 Å². The van der Waals surface area contributed by atoms with Gasteiger partial charge in [0.05, 0.1) is 11.4 Å². The van der Waals surface area contributed by atoms with Crippen LogP contribution in [0.5, 0.6) is 0 Å². The Morgan fingerprint density at radius 2 is 1.88 bits per heavy atom. The molecule has 1 heterocycles. The highest BCUT2D eigenvalue weighted by Gasteiger charge is 2.20. The Morgan fingerprint density at radius 3 is 2.59 bits per heavy atom. The number of guanidine groups is 1. The summed E-state index contributed by atoms with van der Waals surface area (Å²) in [6, 6.07) is 11.6. The Hall–Kier alpha value is -2.18. The number of hydrogen-bond donors (Lipinski definition) is 3. The third kappa shape index (κ3) is 6.20. The van der Waals surface area contributed by atoms with Crippen molar-refractivity contribution in [2.45, 2.75) is 24.8 Å². The molecule has 0 amide bonds. The van der Waals surface area contributed by atoms with Crippen molar-refractivity contribution in [2.24, 2.45) is 4.99 Å². The minimum Gasteiger partial charge on any atom is -0.361 e. The van der Waals surface area contributed by atoms with Crippen LogP contribution in [0.15, 0.2) is 58.5 Å². The monoisotopic (exact) mass is 573 g/mol. The molecule has 0 saturated carbocycles. The number of nitrogens with one attached hydrogen (secondary N) is 3. The molecule has 0 fully saturated rings. The molecule has 0 aliphatic rings. The van der Waals surface area contributed by atoms with E-state index in [1.54, 1.807) is 30.3 Å². The van der Waals surface area contributed by atoms with Gasteiger partial charge in [-0.2, -0.15) is 0 Å². The van der Waals surface area contributed by atoms with Crippen molar-refractivity contribution >= 4 is 50.9 Å². The fraction of sp³-hybridized carbons (Fsp3) is 0.318. The van der Waals surface area contributed by atoms with E-state index < -0.39 is 10.0 Å². The van der Waals surface area contributed by atoms with E-state index in [1.807, 2.05) is 13.1 Å². The Labute approximate surface area is 205 Å². The number of aromatic amines is 1. The molecule has 32 heavy (non-hydrogen) atoms. The number of hydrogen-bond acceptors (Lipinski definition) is 3. The maximum Gasteiger partial charge on any atom is 0.242 e. The minimum atomic E-state index is -3.55. The number of fused-ring (bicyclic) bond motifs is 1. The van der Waals surface area contributed by atoms with Gasteiger partial charge < -0.3 is 15.6 Å². The molecule has 3 aromatic rings. The molecule has 0 bridgehead atoms. The van der Waals surface area contributed by atoms with Crippen LogP contribution in [0.25, 0.3) is 10.9 Å². The largest absolute Gasteiger partial charge is 0.361 e. The molecule has 0 atom stereocenters. The van der Waals surface area contributed by atoms with Gasteiger partial charge in [-0.05, 0) is 48.7 Å². The zero-order chi connectivity index (χ0) is 22.4. The summed E-state index contributed by atoms with van der Waals surface area (Å²) in [4.78, 5) is 7.91. The molecule has 10 heteroatoms. The lowest BCUT2D eigenvalue weighted by Crippen LogP contribution is -2.38. The van der Waals surface area contributed by atoms with Crippen LogP contribution in [0.4, 0.5) is 4.39 Å². The van der Waals surface area contributed by atoms with Crippen molar-refractivity contribution in [3.05, 3.63) is 65.6 Å². The van der Waals surface area contributed by atoms with E-state index in [-0.39, 0.29) is 41.2 Å². The van der Waals surface area contributed by atoms with Crippen LogP contribution in [0.3, 0.4) is 0 Å². The van der Waals surface area contributed by atoms with Gasteiger partial charge >= 0.3 is 0 Å². The van der Waals surface area contributed by atoms with Crippen molar-refractivity contribution in [2.75, 3.05) is 27.2 Å². The second kappa shape index (κ2) is 11.6. The van der Waals surface area contributed by atoms with Gasteiger partial charge in [-0.25, -0.2) is 22.1 Å². The van der Waals surface area contributed by atoms with E-state index in [2.05, 4.69) is 20.6 Å². The number of aromatic nitrogens is 1. The Morgan fingerprint density at radius 1 is 1.12 bits per heavy atom. The smallest absolute Gasteiger partial charge is 0.242 e. The van der Waals surface area contributed by atoms with Crippen molar-refractivity contribution in [1.82, 2.24) is 19.9 Å². The van der Waals surface area contributed by atoms with Gasteiger partial charge in [0.2, 0.25) is 10.0 Å². The predicted molar refractivity (Wildman–Crippen MR) is 138 cm³/mol. The first-order chi connectivity index (χ1) is 14.8. The molecule has 2 aromatic carbocycles. The third-order valence-electron chi connectivity index (χ3n) is 4.90. The van der Waals surface area contributed by atoms with Gasteiger partial charge in [0.15, 0.2) is 5.96 Å². The minimum absolute atomic E-state index is 0. The first kappa shape index (κ1) is 26.1. The molecule has 1 aromatic heterocycles. The molecule has 3 N–H and O–H groups in total. The van der Waals surface area contributed by atoms with Gasteiger partial charge in [0.1, 0.15) is 5.82 Å². The second-order valence-electron chi connectivity index (χ2n) is 7.27.